The molecular weight excluding hydrogens is 264 g/mol. The van der Waals surface area contributed by atoms with Crippen LogP contribution >= 0.6 is 11.3 Å². The molecule has 0 saturated heterocycles. The second-order valence-corrected chi connectivity index (χ2v) is 4.60. The Kier molecular flexibility index (Phi) is 4.48. The van der Waals surface area contributed by atoms with Gasteiger partial charge in [-0.25, -0.2) is 9.78 Å². The Morgan fingerprint density at radius 1 is 1.37 bits per heavy atom. The number of rotatable bonds is 5. The smallest absolute Gasteiger partial charge is 0.357 e. The normalized spacial score (nSPS) is 10.2. The molecule has 5 nitrogen and oxygen atoms in total. The van der Waals surface area contributed by atoms with Gasteiger partial charge in [-0.3, -0.25) is 0 Å². The van der Waals surface area contributed by atoms with Gasteiger partial charge in [0.15, 0.2) is 10.8 Å². The van der Waals surface area contributed by atoms with E-state index in [9.17, 15) is 4.79 Å². The van der Waals surface area contributed by atoms with Crippen molar-refractivity contribution in [2.45, 2.75) is 6.61 Å². The molecule has 0 aliphatic rings. The summed E-state index contributed by atoms with van der Waals surface area (Å²) < 4.78 is 9.76. The topological polar surface area (TPSA) is 60.5 Å². The maximum atomic E-state index is 11.3. The van der Waals surface area contributed by atoms with E-state index in [4.69, 9.17) is 4.74 Å². The molecule has 2 rings (SSSR count). The standard InChI is InChI=1S/C13H14N2O3S/c1-17-7-9-5-3-4-6-10(9)14-13-15-11(8-19-13)12(16)18-2/h3-6,8H,7H2,1-2H3,(H,14,15). The lowest BCUT2D eigenvalue weighted by atomic mass is 10.2. The van der Waals surface area contributed by atoms with Gasteiger partial charge in [-0.2, -0.15) is 0 Å². The monoisotopic (exact) mass is 278 g/mol. The third-order valence-electron chi connectivity index (χ3n) is 2.46. The van der Waals surface area contributed by atoms with Gasteiger partial charge >= 0.3 is 5.97 Å². The largest absolute Gasteiger partial charge is 0.464 e. The van der Waals surface area contributed by atoms with Crippen molar-refractivity contribution >= 4 is 28.1 Å². The summed E-state index contributed by atoms with van der Waals surface area (Å²) in [6.45, 7) is 0.512. The molecule has 100 valence electrons. The van der Waals surface area contributed by atoms with Crippen molar-refractivity contribution in [2.24, 2.45) is 0 Å². The lowest BCUT2D eigenvalue weighted by Crippen LogP contribution is -2.02. The van der Waals surface area contributed by atoms with Crippen LogP contribution in [0, 0.1) is 0 Å². The van der Waals surface area contributed by atoms with Gasteiger partial charge < -0.3 is 14.8 Å². The number of ether oxygens (including phenoxy) is 2. The Morgan fingerprint density at radius 2 is 2.16 bits per heavy atom. The van der Waals surface area contributed by atoms with E-state index in [0.29, 0.717) is 17.4 Å². The molecule has 1 aromatic carbocycles. The number of esters is 1. The van der Waals surface area contributed by atoms with E-state index < -0.39 is 5.97 Å². The molecule has 1 N–H and O–H groups in total. The van der Waals surface area contributed by atoms with Gasteiger partial charge in [0, 0.05) is 23.7 Å². The number of para-hydroxylation sites is 1. The molecule has 0 radical (unpaired) electrons. The lowest BCUT2D eigenvalue weighted by Gasteiger charge is -2.08. The van der Waals surface area contributed by atoms with E-state index in [0.717, 1.165) is 11.3 Å². The molecule has 0 atom stereocenters. The second kappa shape index (κ2) is 6.31. The van der Waals surface area contributed by atoms with Crippen LogP contribution in [0.3, 0.4) is 0 Å². The highest BCUT2D eigenvalue weighted by atomic mass is 32.1. The van der Waals surface area contributed by atoms with Crippen molar-refractivity contribution in [3.05, 3.63) is 40.9 Å². The van der Waals surface area contributed by atoms with Crippen molar-refractivity contribution in [3.8, 4) is 0 Å². The molecule has 2 aromatic rings. The highest BCUT2D eigenvalue weighted by Crippen LogP contribution is 2.24. The summed E-state index contributed by atoms with van der Waals surface area (Å²) in [6.07, 6.45) is 0. The summed E-state index contributed by atoms with van der Waals surface area (Å²) in [5.74, 6) is -0.436. The number of aromatic nitrogens is 1. The number of thiazole rings is 1. The van der Waals surface area contributed by atoms with E-state index >= 15 is 0 Å². The number of carbonyl (C=O) groups excluding carboxylic acids is 1. The van der Waals surface area contributed by atoms with Crippen LogP contribution in [0.5, 0.6) is 0 Å². The van der Waals surface area contributed by atoms with Gasteiger partial charge in [-0.15, -0.1) is 11.3 Å². The zero-order valence-electron chi connectivity index (χ0n) is 10.7. The summed E-state index contributed by atoms with van der Waals surface area (Å²) in [6, 6.07) is 7.78. The van der Waals surface area contributed by atoms with Crippen LogP contribution in [-0.2, 0) is 16.1 Å². The molecule has 0 bridgehead atoms. The van der Waals surface area contributed by atoms with Crippen LogP contribution in [0.4, 0.5) is 10.8 Å². The minimum absolute atomic E-state index is 0.305. The molecule has 19 heavy (non-hydrogen) atoms. The molecule has 1 aromatic heterocycles. The Bertz CT molecular complexity index is 569. The highest BCUT2D eigenvalue weighted by Gasteiger charge is 2.11. The first-order chi connectivity index (χ1) is 9.24. The number of nitrogens with zero attached hydrogens (tertiary/aromatic N) is 1. The van der Waals surface area contributed by atoms with Gasteiger partial charge in [-0.05, 0) is 6.07 Å². The lowest BCUT2D eigenvalue weighted by molar-refractivity contribution is 0.0595. The molecule has 0 spiro atoms. The van der Waals surface area contributed by atoms with E-state index in [1.54, 1.807) is 12.5 Å². The third kappa shape index (κ3) is 3.30. The predicted octanol–water partition coefficient (Wildman–Crippen LogP) is 2.82. The maximum Gasteiger partial charge on any atom is 0.357 e. The highest BCUT2D eigenvalue weighted by molar-refractivity contribution is 7.14. The van der Waals surface area contributed by atoms with Crippen LogP contribution in [-0.4, -0.2) is 25.2 Å². The van der Waals surface area contributed by atoms with Crippen LogP contribution in [0.15, 0.2) is 29.6 Å². The first kappa shape index (κ1) is 13.5. The van der Waals surface area contributed by atoms with E-state index in [2.05, 4.69) is 15.0 Å². The fourth-order valence-electron chi connectivity index (χ4n) is 1.57. The third-order valence-corrected chi connectivity index (χ3v) is 3.22. The van der Waals surface area contributed by atoms with Gasteiger partial charge in [0.05, 0.1) is 13.7 Å². The molecular formula is C13H14N2O3S. The molecule has 0 saturated carbocycles. The Hall–Kier alpha value is -1.92. The fraction of sp³-hybridized carbons (Fsp3) is 0.231. The molecule has 0 amide bonds. The second-order valence-electron chi connectivity index (χ2n) is 3.74. The average molecular weight is 278 g/mol. The summed E-state index contributed by atoms with van der Waals surface area (Å²) in [5.41, 5.74) is 2.24. The van der Waals surface area contributed by atoms with Crippen LogP contribution in [0.1, 0.15) is 16.1 Å². The zero-order chi connectivity index (χ0) is 13.7. The molecule has 0 unspecified atom stereocenters. The summed E-state index contributed by atoms with van der Waals surface area (Å²) in [7, 11) is 2.98. The number of nitrogens with one attached hydrogen (secondary N) is 1. The average Bonchev–Trinajstić information content (AvgIpc) is 2.89. The number of hydrogen-bond donors (Lipinski definition) is 1. The van der Waals surface area contributed by atoms with Crippen LogP contribution < -0.4 is 5.32 Å². The number of methoxy groups -OCH3 is 2. The SMILES string of the molecule is COCc1ccccc1Nc1nc(C(=O)OC)cs1. The van der Waals surface area contributed by atoms with Crippen molar-refractivity contribution in [2.75, 3.05) is 19.5 Å². The molecule has 0 aliphatic carbocycles. The van der Waals surface area contributed by atoms with Crippen LogP contribution in [0.25, 0.3) is 0 Å². The minimum atomic E-state index is -0.436. The van der Waals surface area contributed by atoms with Crippen molar-refractivity contribution in [1.82, 2.24) is 4.98 Å². The number of hydrogen-bond acceptors (Lipinski definition) is 6. The van der Waals surface area contributed by atoms with Gasteiger partial charge in [0.2, 0.25) is 0 Å². The quantitative estimate of drug-likeness (QED) is 0.852. The molecule has 1 heterocycles. The van der Waals surface area contributed by atoms with Gasteiger partial charge in [0.1, 0.15) is 0 Å². The molecule has 6 heteroatoms. The first-order valence-corrected chi connectivity index (χ1v) is 6.50. The first-order valence-electron chi connectivity index (χ1n) is 5.62. The maximum absolute atomic E-state index is 11.3. The predicted molar refractivity (Wildman–Crippen MR) is 73.9 cm³/mol. The number of anilines is 2. The number of benzene rings is 1. The van der Waals surface area contributed by atoms with Crippen LogP contribution in [0.2, 0.25) is 0 Å². The Morgan fingerprint density at radius 3 is 2.89 bits per heavy atom. The minimum Gasteiger partial charge on any atom is -0.464 e. The number of carbonyl (C=O) groups is 1. The Labute approximate surface area is 115 Å². The fourth-order valence-corrected chi connectivity index (χ4v) is 2.26. The molecule has 0 aliphatic heterocycles. The van der Waals surface area contributed by atoms with E-state index in [-0.39, 0.29) is 0 Å². The summed E-state index contributed by atoms with van der Waals surface area (Å²) in [4.78, 5) is 15.5. The molecule has 0 fully saturated rings. The van der Waals surface area contributed by atoms with E-state index in [1.165, 1.54) is 18.4 Å². The van der Waals surface area contributed by atoms with E-state index in [1.807, 2.05) is 24.3 Å². The van der Waals surface area contributed by atoms with Gasteiger partial charge in [-0.1, -0.05) is 18.2 Å². The zero-order valence-corrected chi connectivity index (χ0v) is 11.5. The summed E-state index contributed by atoms with van der Waals surface area (Å²) in [5, 5.41) is 5.48. The van der Waals surface area contributed by atoms with Crippen molar-refractivity contribution in [3.63, 3.8) is 0 Å². The van der Waals surface area contributed by atoms with Crippen molar-refractivity contribution in [1.29, 1.82) is 0 Å². The van der Waals surface area contributed by atoms with Gasteiger partial charge in [0.25, 0.3) is 0 Å². The summed E-state index contributed by atoms with van der Waals surface area (Å²) >= 11 is 1.35. The Balaban J connectivity index is 2.17. The van der Waals surface area contributed by atoms with Crippen molar-refractivity contribution < 1.29 is 14.3 Å².